The van der Waals surface area contributed by atoms with Crippen LogP contribution in [-0.2, 0) is 16.0 Å². The molecular formula is C16H24N2O4. The summed E-state index contributed by atoms with van der Waals surface area (Å²) in [5.41, 5.74) is 0.825. The number of phenols is 2. The fourth-order valence-electron chi connectivity index (χ4n) is 2.48. The van der Waals surface area contributed by atoms with Crippen LogP contribution in [-0.4, -0.2) is 60.4 Å². The van der Waals surface area contributed by atoms with Crippen LogP contribution in [0.2, 0.25) is 0 Å². The number of nitrogens with zero attached hydrogens (tertiary/aromatic N) is 1. The number of ether oxygens (including phenoxy) is 1. The van der Waals surface area contributed by atoms with E-state index in [-0.39, 0.29) is 23.3 Å². The van der Waals surface area contributed by atoms with E-state index in [1.165, 1.54) is 12.1 Å². The van der Waals surface area contributed by atoms with Gasteiger partial charge in [0.1, 0.15) is 0 Å². The molecule has 1 amide bonds. The monoisotopic (exact) mass is 308 g/mol. The molecule has 1 saturated heterocycles. The molecule has 0 aliphatic carbocycles. The summed E-state index contributed by atoms with van der Waals surface area (Å²) < 4.78 is 5.28. The maximum Gasteiger partial charge on any atom is 0.223 e. The standard InChI is InChI=1S/C16H24N2O4/c1-12(10-13-2-3-14(19)15(20)11-13)16(21)17-4-5-18-6-8-22-9-7-18/h2-3,11-12,19-20H,4-10H2,1H3,(H,17,21). The van der Waals surface area contributed by atoms with E-state index in [1.807, 2.05) is 6.92 Å². The van der Waals surface area contributed by atoms with Gasteiger partial charge in [-0.2, -0.15) is 0 Å². The number of phenolic OH excluding ortho intramolecular Hbond substituents is 2. The van der Waals surface area contributed by atoms with Crippen molar-refractivity contribution in [1.82, 2.24) is 10.2 Å². The molecule has 0 spiro atoms. The number of morpholine rings is 1. The van der Waals surface area contributed by atoms with Crippen LogP contribution >= 0.6 is 0 Å². The van der Waals surface area contributed by atoms with Crippen LogP contribution in [0.5, 0.6) is 11.5 Å². The second kappa shape index (κ2) is 8.00. The number of carbonyl (C=O) groups is 1. The quantitative estimate of drug-likeness (QED) is 0.675. The maximum atomic E-state index is 12.1. The lowest BCUT2D eigenvalue weighted by Gasteiger charge is -2.26. The Hall–Kier alpha value is -1.79. The van der Waals surface area contributed by atoms with Gasteiger partial charge in [0.05, 0.1) is 13.2 Å². The van der Waals surface area contributed by atoms with Crippen molar-refractivity contribution in [3.8, 4) is 11.5 Å². The Labute approximate surface area is 130 Å². The van der Waals surface area contributed by atoms with Crippen molar-refractivity contribution in [3.05, 3.63) is 23.8 Å². The first-order chi connectivity index (χ1) is 10.6. The van der Waals surface area contributed by atoms with Gasteiger partial charge in [-0.05, 0) is 24.1 Å². The van der Waals surface area contributed by atoms with Crippen LogP contribution in [0, 0.1) is 5.92 Å². The van der Waals surface area contributed by atoms with E-state index in [0.717, 1.165) is 38.4 Å². The molecule has 1 aromatic rings. The molecule has 0 bridgehead atoms. The molecule has 1 heterocycles. The van der Waals surface area contributed by atoms with Crippen molar-refractivity contribution in [1.29, 1.82) is 0 Å². The van der Waals surface area contributed by atoms with Gasteiger partial charge in [0.15, 0.2) is 11.5 Å². The highest BCUT2D eigenvalue weighted by Crippen LogP contribution is 2.26. The molecule has 1 aliphatic rings. The molecule has 2 rings (SSSR count). The lowest BCUT2D eigenvalue weighted by atomic mass is 10.00. The van der Waals surface area contributed by atoms with Crippen LogP contribution in [0.15, 0.2) is 18.2 Å². The molecule has 6 nitrogen and oxygen atoms in total. The number of benzene rings is 1. The highest BCUT2D eigenvalue weighted by Gasteiger charge is 2.15. The van der Waals surface area contributed by atoms with Gasteiger partial charge in [0.2, 0.25) is 5.91 Å². The Morgan fingerprint density at radius 2 is 2.05 bits per heavy atom. The van der Waals surface area contributed by atoms with Crippen LogP contribution < -0.4 is 5.32 Å². The summed E-state index contributed by atoms with van der Waals surface area (Å²) in [5, 5.41) is 21.7. The van der Waals surface area contributed by atoms with Gasteiger partial charge in [-0.3, -0.25) is 9.69 Å². The predicted octanol–water partition coefficient (Wildman–Crippen LogP) is 0.725. The van der Waals surface area contributed by atoms with Gasteiger partial charge in [-0.1, -0.05) is 13.0 Å². The van der Waals surface area contributed by atoms with Crippen molar-refractivity contribution in [2.75, 3.05) is 39.4 Å². The van der Waals surface area contributed by atoms with Crippen LogP contribution in [0.4, 0.5) is 0 Å². The molecule has 1 unspecified atom stereocenters. The summed E-state index contributed by atoms with van der Waals surface area (Å²) in [6, 6.07) is 4.65. The molecule has 122 valence electrons. The number of nitrogens with one attached hydrogen (secondary N) is 1. The highest BCUT2D eigenvalue weighted by molar-refractivity contribution is 5.78. The average Bonchev–Trinajstić information content (AvgIpc) is 2.52. The zero-order chi connectivity index (χ0) is 15.9. The second-order valence-electron chi connectivity index (χ2n) is 5.67. The minimum absolute atomic E-state index is 0.000763. The van der Waals surface area contributed by atoms with Crippen LogP contribution in [0.3, 0.4) is 0 Å². The lowest BCUT2D eigenvalue weighted by molar-refractivity contribution is -0.124. The number of amides is 1. The molecule has 0 aromatic heterocycles. The second-order valence-corrected chi connectivity index (χ2v) is 5.67. The first-order valence-electron chi connectivity index (χ1n) is 7.65. The van der Waals surface area contributed by atoms with Crippen molar-refractivity contribution in [3.63, 3.8) is 0 Å². The van der Waals surface area contributed by atoms with Gasteiger partial charge >= 0.3 is 0 Å². The summed E-state index contributed by atoms with van der Waals surface area (Å²) in [7, 11) is 0. The highest BCUT2D eigenvalue weighted by atomic mass is 16.5. The summed E-state index contributed by atoms with van der Waals surface area (Å²) >= 11 is 0. The molecule has 6 heteroatoms. The Balaban J connectivity index is 1.73. The van der Waals surface area contributed by atoms with E-state index < -0.39 is 0 Å². The number of carbonyl (C=O) groups excluding carboxylic acids is 1. The van der Waals surface area contributed by atoms with Gasteiger partial charge in [-0.25, -0.2) is 0 Å². The zero-order valence-corrected chi connectivity index (χ0v) is 12.9. The van der Waals surface area contributed by atoms with E-state index in [1.54, 1.807) is 6.07 Å². The molecule has 1 fully saturated rings. The summed E-state index contributed by atoms with van der Waals surface area (Å²) in [5.74, 6) is -0.488. The molecule has 1 atom stereocenters. The smallest absolute Gasteiger partial charge is 0.223 e. The van der Waals surface area contributed by atoms with Crippen molar-refractivity contribution in [2.45, 2.75) is 13.3 Å². The van der Waals surface area contributed by atoms with E-state index in [9.17, 15) is 15.0 Å². The Kier molecular flexibility index (Phi) is 6.03. The van der Waals surface area contributed by atoms with E-state index in [2.05, 4.69) is 10.2 Å². The van der Waals surface area contributed by atoms with E-state index in [0.29, 0.717) is 13.0 Å². The fourth-order valence-corrected chi connectivity index (χ4v) is 2.48. The fraction of sp³-hybridized carbons (Fsp3) is 0.562. The topological polar surface area (TPSA) is 82.0 Å². The van der Waals surface area contributed by atoms with Gasteiger partial charge in [0, 0.05) is 32.1 Å². The molecule has 1 aliphatic heterocycles. The van der Waals surface area contributed by atoms with Crippen LogP contribution in [0.25, 0.3) is 0 Å². The Morgan fingerprint density at radius 3 is 2.73 bits per heavy atom. The summed E-state index contributed by atoms with van der Waals surface area (Å²) in [6.45, 7) is 6.67. The molecule has 0 radical (unpaired) electrons. The molecular weight excluding hydrogens is 284 g/mol. The third-order valence-electron chi connectivity index (χ3n) is 3.86. The summed E-state index contributed by atoms with van der Waals surface area (Å²) in [6.07, 6.45) is 0.525. The van der Waals surface area contributed by atoms with Crippen LogP contribution in [0.1, 0.15) is 12.5 Å². The molecule has 3 N–H and O–H groups in total. The largest absolute Gasteiger partial charge is 0.504 e. The van der Waals surface area contributed by atoms with E-state index >= 15 is 0 Å². The maximum absolute atomic E-state index is 12.1. The normalized spacial score (nSPS) is 17.1. The first-order valence-corrected chi connectivity index (χ1v) is 7.65. The van der Waals surface area contributed by atoms with Crippen molar-refractivity contribution >= 4 is 5.91 Å². The predicted molar refractivity (Wildman–Crippen MR) is 82.9 cm³/mol. The number of rotatable bonds is 6. The van der Waals surface area contributed by atoms with Crippen molar-refractivity contribution < 1.29 is 19.7 Å². The van der Waals surface area contributed by atoms with Crippen molar-refractivity contribution in [2.24, 2.45) is 5.92 Å². The number of hydrogen-bond acceptors (Lipinski definition) is 5. The Bertz CT molecular complexity index is 501. The van der Waals surface area contributed by atoms with Gasteiger partial charge in [-0.15, -0.1) is 0 Å². The SMILES string of the molecule is CC(Cc1ccc(O)c(O)c1)C(=O)NCCN1CCOCC1. The molecule has 1 aromatic carbocycles. The minimum atomic E-state index is -0.186. The third kappa shape index (κ3) is 4.89. The minimum Gasteiger partial charge on any atom is -0.504 e. The number of aromatic hydroxyl groups is 2. The molecule has 22 heavy (non-hydrogen) atoms. The lowest BCUT2D eigenvalue weighted by Crippen LogP contribution is -2.42. The van der Waals surface area contributed by atoms with Gasteiger partial charge in [0.25, 0.3) is 0 Å². The number of hydrogen-bond donors (Lipinski definition) is 3. The average molecular weight is 308 g/mol. The third-order valence-corrected chi connectivity index (χ3v) is 3.86. The Morgan fingerprint density at radius 1 is 1.32 bits per heavy atom. The summed E-state index contributed by atoms with van der Waals surface area (Å²) in [4.78, 5) is 14.3. The van der Waals surface area contributed by atoms with E-state index in [4.69, 9.17) is 4.74 Å². The zero-order valence-electron chi connectivity index (χ0n) is 12.9. The van der Waals surface area contributed by atoms with Gasteiger partial charge < -0.3 is 20.3 Å². The first kappa shape index (κ1) is 16.6. The molecule has 0 saturated carbocycles.